The minimum atomic E-state index is 0.838. The van der Waals surface area contributed by atoms with Crippen molar-refractivity contribution >= 4 is 5.69 Å². The van der Waals surface area contributed by atoms with E-state index in [1.54, 1.807) is 6.33 Å². The van der Waals surface area contributed by atoms with Gasteiger partial charge in [0.05, 0.1) is 18.2 Å². The van der Waals surface area contributed by atoms with Crippen molar-refractivity contribution in [3.05, 3.63) is 60.8 Å². The van der Waals surface area contributed by atoms with E-state index in [0.29, 0.717) is 0 Å². The van der Waals surface area contributed by atoms with Gasteiger partial charge in [-0.2, -0.15) is 0 Å². The standard InChI is InChI=1S/C15H16N4/c1-19-7-6-12(10-19)8-17-14-4-2-13(3-5-14)15-9-16-11-18-15/h2-7,9-11,17H,8H2,1H3,(H,16,18). The predicted molar refractivity (Wildman–Crippen MR) is 76.8 cm³/mol. The number of nitrogens with zero attached hydrogens (tertiary/aromatic N) is 2. The molecule has 0 aliphatic rings. The first-order valence-corrected chi connectivity index (χ1v) is 6.25. The van der Waals surface area contributed by atoms with Crippen LogP contribution < -0.4 is 5.32 Å². The van der Waals surface area contributed by atoms with Crippen molar-refractivity contribution in [2.45, 2.75) is 6.54 Å². The molecule has 3 aromatic rings. The lowest BCUT2D eigenvalue weighted by Crippen LogP contribution is -1.98. The van der Waals surface area contributed by atoms with Gasteiger partial charge >= 0.3 is 0 Å². The maximum Gasteiger partial charge on any atom is 0.0924 e. The van der Waals surface area contributed by atoms with Crippen molar-refractivity contribution in [2.75, 3.05) is 5.32 Å². The van der Waals surface area contributed by atoms with Crippen LogP contribution in [0.15, 0.2) is 55.2 Å². The fourth-order valence-corrected chi connectivity index (χ4v) is 2.05. The summed E-state index contributed by atoms with van der Waals surface area (Å²) in [5.74, 6) is 0. The zero-order chi connectivity index (χ0) is 13.1. The molecule has 0 aliphatic heterocycles. The van der Waals surface area contributed by atoms with Crippen molar-refractivity contribution in [2.24, 2.45) is 7.05 Å². The first kappa shape index (κ1) is 11.6. The summed E-state index contributed by atoms with van der Waals surface area (Å²) in [6, 6.07) is 10.5. The van der Waals surface area contributed by atoms with Crippen molar-refractivity contribution in [1.82, 2.24) is 14.5 Å². The van der Waals surface area contributed by atoms with Crippen molar-refractivity contribution < 1.29 is 0 Å². The summed E-state index contributed by atoms with van der Waals surface area (Å²) in [4.78, 5) is 7.13. The van der Waals surface area contributed by atoms with Gasteiger partial charge in [-0.05, 0) is 29.3 Å². The van der Waals surface area contributed by atoms with E-state index in [4.69, 9.17) is 0 Å². The van der Waals surface area contributed by atoms with Crippen LogP contribution in [-0.2, 0) is 13.6 Å². The second kappa shape index (κ2) is 5.02. The molecule has 0 radical (unpaired) electrons. The predicted octanol–water partition coefficient (Wildman–Crippen LogP) is 3.03. The van der Waals surface area contributed by atoms with Crippen LogP contribution in [0.3, 0.4) is 0 Å². The number of H-pyrrole nitrogens is 1. The molecular formula is C15H16N4. The molecule has 0 bridgehead atoms. The van der Waals surface area contributed by atoms with E-state index in [9.17, 15) is 0 Å². The highest BCUT2D eigenvalue weighted by Crippen LogP contribution is 2.19. The van der Waals surface area contributed by atoms with Crippen LogP contribution in [-0.4, -0.2) is 14.5 Å². The third-order valence-corrected chi connectivity index (χ3v) is 3.08. The smallest absolute Gasteiger partial charge is 0.0924 e. The highest BCUT2D eigenvalue weighted by Gasteiger charge is 1.99. The molecule has 1 aromatic carbocycles. The SMILES string of the molecule is Cn1ccc(CNc2ccc(-c3cnc[nH]3)cc2)c1. The summed E-state index contributed by atoms with van der Waals surface area (Å²) >= 11 is 0. The Bertz CT molecular complexity index is 635. The van der Waals surface area contributed by atoms with Gasteiger partial charge < -0.3 is 14.9 Å². The lowest BCUT2D eigenvalue weighted by Gasteiger charge is -2.06. The van der Waals surface area contributed by atoms with E-state index in [1.807, 2.05) is 13.2 Å². The molecule has 4 heteroatoms. The minimum Gasteiger partial charge on any atom is -0.381 e. The van der Waals surface area contributed by atoms with Crippen LogP contribution in [0.4, 0.5) is 5.69 Å². The number of rotatable bonds is 4. The number of aryl methyl sites for hydroxylation is 1. The second-order valence-corrected chi connectivity index (χ2v) is 4.58. The largest absolute Gasteiger partial charge is 0.381 e. The highest BCUT2D eigenvalue weighted by atomic mass is 14.9. The number of aromatic amines is 1. The van der Waals surface area contributed by atoms with Crippen molar-refractivity contribution in [3.63, 3.8) is 0 Å². The number of nitrogens with one attached hydrogen (secondary N) is 2. The number of imidazole rings is 1. The molecule has 0 spiro atoms. The topological polar surface area (TPSA) is 45.6 Å². The Morgan fingerprint density at radius 1 is 1.21 bits per heavy atom. The molecule has 19 heavy (non-hydrogen) atoms. The molecule has 0 saturated carbocycles. The fourth-order valence-electron chi connectivity index (χ4n) is 2.05. The highest BCUT2D eigenvalue weighted by molar-refractivity contribution is 5.61. The van der Waals surface area contributed by atoms with Crippen LogP contribution in [0, 0.1) is 0 Å². The number of aromatic nitrogens is 3. The maximum absolute atomic E-state index is 4.03. The van der Waals surface area contributed by atoms with E-state index < -0.39 is 0 Å². The van der Waals surface area contributed by atoms with Gasteiger partial charge in [-0.1, -0.05) is 12.1 Å². The van der Waals surface area contributed by atoms with E-state index in [0.717, 1.165) is 23.5 Å². The Hall–Kier alpha value is -2.49. The van der Waals surface area contributed by atoms with Gasteiger partial charge in [0.25, 0.3) is 0 Å². The zero-order valence-corrected chi connectivity index (χ0v) is 10.8. The Labute approximate surface area is 112 Å². The molecule has 4 nitrogen and oxygen atoms in total. The maximum atomic E-state index is 4.03. The van der Waals surface area contributed by atoms with Crippen LogP contribution in [0.1, 0.15) is 5.56 Å². The second-order valence-electron chi connectivity index (χ2n) is 4.58. The summed E-state index contributed by atoms with van der Waals surface area (Å²) < 4.78 is 2.05. The summed E-state index contributed by atoms with van der Waals surface area (Å²) in [7, 11) is 2.03. The van der Waals surface area contributed by atoms with E-state index in [2.05, 4.69) is 62.6 Å². The first-order valence-electron chi connectivity index (χ1n) is 6.25. The van der Waals surface area contributed by atoms with Crippen molar-refractivity contribution in [3.8, 4) is 11.3 Å². The van der Waals surface area contributed by atoms with Gasteiger partial charge in [0.2, 0.25) is 0 Å². The van der Waals surface area contributed by atoms with Gasteiger partial charge in [-0.25, -0.2) is 4.98 Å². The molecular weight excluding hydrogens is 236 g/mol. The Balaban J connectivity index is 1.66. The lowest BCUT2D eigenvalue weighted by atomic mass is 10.1. The molecule has 2 N–H and O–H groups in total. The summed E-state index contributed by atoms with van der Waals surface area (Å²) in [6.07, 6.45) is 7.69. The Kier molecular flexibility index (Phi) is 3.06. The molecule has 0 unspecified atom stereocenters. The summed E-state index contributed by atoms with van der Waals surface area (Å²) in [5.41, 5.74) is 4.57. The lowest BCUT2D eigenvalue weighted by molar-refractivity contribution is 0.920. The van der Waals surface area contributed by atoms with Crippen LogP contribution in [0.25, 0.3) is 11.3 Å². The van der Waals surface area contributed by atoms with Crippen molar-refractivity contribution in [1.29, 1.82) is 0 Å². The van der Waals surface area contributed by atoms with E-state index in [1.165, 1.54) is 5.56 Å². The van der Waals surface area contributed by atoms with Gasteiger partial charge in [-0.15, -0.1) is 0 Å². The molecule has 0 saturated heterocycles. The first-order chi connectivity index (χ1) is 9.31. The van der Waals surface area contributed by atoms with E-state index in [-0.39, 0.29) is 0 Å². The third kappa shape index (κ3) is 2.68. The quantitative estimate of drug-likeness (QED) is 0.749. The van der Waals surface area contributed by atoms with Crippen LogP contribution >= 0.6 is 0 Å². The molecule has 0 atom stereocenters. The monoisotopic (exact) mass is 252 g/mol. The number of benzene rings is 1. The fraction of sp³-hybridized carbons (Fsp3) is 0.133. The minimum absolute atomic E-state index is 0.838. The molecule has 2 aromatic heterocycles. The molecule has 96 valence electrons. The van der Waals surface area contributed by atoms with Gasteiger partial charge in [0.1, 0.15) is 0 Å². The van der Waals surface area contributed by atoms with Crippen LogP contribution in [0.2, 0.25) is 0 Å². The zero-order valence-electron chi connectivity index (χ0n) is 10.8. The van der Waals surface area contributed by atoms with Crippen LogP contribution in [0.5, 0.6) is 0 Å². The average molecular weight is 252 g/mol. The Morgan fingerprint density at radius 2 is 2.05 bits per heavy atom. The normalized spacial score (nSPS) is 10.6. The van der Waals surface area contributed by atoms with Gasteiger partial charge in [0.15, 0.2) is 0 Å². The number of hydrogen-bond acceptors (Lipinski definition) is 2. The van der Waals surface area contributed by atoms with E-state index >= 15 is 0 Å². The van der Waals surface area contributed by atoms with Gasteiger partial charge in [-0.3, -0.25) is 0 Å². The summed E-state index contributed by atoms with van der Waals surface area (Å²) in [5, 5.41) is 3.41. The van der Waals surface area contributed by atoms with Gasteiger partial charge in [0, 0.05) is 31.7 Å². The molecule has 3 rings (SSSR count). The Morgan fingerprint density at radius 3 is 2.68 bits per heavy atom. The molecule has 0 aliphatic carbocycles. The average Bonchev–Trinajstić information content (AvgIpc) is 3.08. The molecule has 0 fully saturated rings. The number of hydrogen-bond donors (Lipinski definition) is 2. The third-order valence-electron chi connectivity index (χ3n) is 3.08. The summed E-state index contributed by atoms with van der Waals surface area (Å²) in [6.45, 7) is 0.838. The number of anilines is 1. The molecule has 2 heterocycles. The molecule has 0 amide bonds.